The lowest BCUT2D eigenvalue weighted by atomic mass is 9.81. The summed E-state index contributed by atoms with van der Waals surface area (Å²) in [6.07, 6.45) is 4.56. The van der Waals surface area contributed by atoms with Crippen LogP contribution in [0.2, 0.25) is 0 Å². The molecule has 2 heterocycles. The summed E-state index contributed by atoms with van der Waals surface area (Å²) < 4.78 is 4.87. The Hall–Kier alpha value is -7.88. The van der Waals surface area contributed by atoms with Crippen molar-refractivity contribution in [3.63, 3.8) is 0 Å². The molecule has 0 N–H and O–H groups in total. The molecule has 0 unspecified atom stereocenters. The van der Waals surface area contributed by atoms with Crippen molar-refractivity contribution in [2.24, 2.45) is 0 Å². The summed E-state index contributed by atoms with van der Waals surface area (Å²) in [7, 11) is 0. The largest absolute Gasteiger partial charge is 0.310 e. The van der Waals surface area contributed by atoms with Crippen molar-refractivity contribution >= 4 is 72.8 Å². The van der Waals surface area contributed by atoms with Gasteiger partial charge in [0.15, 0.2) is 0 Å². The third kappa shape index (κ3) is 5.59. The molecule has 0 saturated carbocycles. The highest BCUT2D eigenvalue weighted by atomic mass is 15.1. The van der Waals surface area contributed by atoms with Gasteiger partial charge in [-0.25, -0.2) is 0 Å². The van der Waals surface area contributed by atoms with Gasteiger partial charge < -0.3 is 14.0 Å². The van der Waals surface area contributed by atoms with Gasteiger partial charge in [-0.1, -0.05) is 153 Å². The van der Waals surface area contributed by atoms with Crippen LogP contribution in [0.15, 0.2) is 212 Å². The van der Waals surface area contributed by atoms with Crippen LogP contribution >= 0.6 is 0 Å². The first kappa shape index (κ1) is 36.0. The van der Waals surface area contributed by atoms with Crippen molar-refractivity contribution in [3.8, 4) is 22.5 Å². The number of para-hydroxylation sites is 5. The van der Waals surface area contributed by atoms with Crippen molar-refractivity contribution in [2.45, 2.75) is 19.3 Å². The highest BCUT2D eigenvalue weighted by Gasteiger charge is 2.38. The fourth-order valence-electron chi connectivity index (χ4n) is 10.2. The average Bonchev–Trinajstić information content (AvgIpc) is 3.92. The Bertz CT molecular complexity index is 3480. The third-order valence-corrected chi connectivity index (χ3v) is 13.0. The lowest BCUT2D eigenvalue weighted by Gasteiger charge is -2.25. The number of fused-ring (bicyclic) bond motifs is 10. The summed E-state index contributed by atoms with van der Waals surface area (Å²) in [4.78, 5) is 2.34. The Morgan fingerprint density at radius 3 is 1.58 bits per heavy atom. The summed E-state index contributed by atoms with van der Waals surface area (Å²) in [5, 5.41) is 5.02. The van der Waals surface area contributed by atoms with Gasteiger partial charge in [-0.15, -0.1) is 0 Å². The SMILES string of the molecule is CC1(C)c2cc(C=Cc3ccc4c(c3)c3cc(N(c5ccccc5)c5ccccc5)ccc3n4-c3ccccc3)ccc2-c2ccc3c4ccccc4n(-c4ccccc4)c3c21. The zero-order valence-corrected chi connectivity index (χ0v) is 34.7. The normalized spacial score (nSPS) is 13.1. The topological polar surface area (TPSA) is 13.1 Å². The van der Waals surface area contributed by atoms with E-state index in [1.54, 1.807) is 0 Å². The van der Waals surface area contributed by atoms with Crippen molar-refractivity contribution in [1.82, 2.24) is 9.13 Å². The van der Waals surface area contributed by atoms with Crippen LogP contribution < -0.4 is 4.90 Å². The number of aromatic nitrogens is 2. The first-order valence-electron chi connectivity index (χ1n) is 21.5. The number of rotatable bonds is 7. The molecule has 0 atom stereocenters. The quantitative estimate of drug-likeness (QED) is 0.147. The number of hydrogen-bond acceptors (Lipinski definition) is 1. The third-order valence-electron chi connectivity index (χ3n) is 13.0. The van der Waals surface area contributed by atoms with Crippen molar-refractivity contribution in [3.05, 3.63) is 235 Å². The van der Waals surface area contributed by atoms with Crippen molar-refractivity contribution in [1.29, 1.82) is 0 Å². The first-order chi connectivity index (χ1) is 30.5. The highest BCUT2D eigenvalue weighted by molar-refractivity contribution is 6.14. The van der Waals surface area contributed by atoms with Gasteiger partial charge in [-0.2, -0.15) is 0 Å². The molecule has 0 radical (unpaired) electrons. The van der Waals surface area contributed by atoms with E-state index >= 15 is 0 Å². The zero-order chi connectivity index (χ0) is 41.4. The van der Waals surface area contributed by atoms with E-state index in [9.17, 15) is 0 Å². The summed E-state index contributed by atoms with van der Waals surface area (Å²) in [6, 6.07) is 77.2. The Kier molecular flexibility index (Phi) is 8.20. The van der Waals surface area contributed by atoms with Crippen LogP contribution in [0.1, 0.15) is 36.1 Å². The Morgan fingerprint density at radius 1 is 0.387 bits per heavy atom. The molecule has 9 aromatic carbocycles. The second-order valence-corrected chi connectivity index (χ2v) is 17.0. The molecule has 0 aliphatic heterocycles. The predicted molar refractivity (Wildman–Crippen MR) is 263 cm³/mol. The lowest BCUT2D eigenvalue weighted by molar-refractivity contribution is 0.663. The molecule has 0 bridgehead atoms. The molecule has 62 heavy (non-hydrogen) atoms. The molecule has 0 fully saturated rings. The van der Waals surface area contributed by atoms with Gasteiger partial charge in [0.25, 0.3) is 0 Å². The van der Waals surface area contributed by atoms with Crippen LogP contribution in [0.5, 0.6) is 0 Å². The van der Waals surface area contributed by atoms with Crippen molar-refractivity contribution in [2.75, 3.05) is 4.90 Å². The van der Waals surface area contributed by atoms with Gasteiger partial charge in [0.1, 0.15) is 0 Å². The monoisotopic (exact) mass is 793 g/mol. The predicted octanol–water partition coefficient (Wildman–Crippen LogP) is 15.8. The van der Waals surface area contributed by atoms with Gasteiger partial charge in [-0.05, 0) is 118 Å². The standard InChI is InChI=1S/C59H43N3/c1-59(2)53-38-41(29-32-47(53)49-33-34-50-48-25-15-16-26-54(48)62(58(50)57(49)59)45-23-13-6-14-24-45)28-27-40-30-35-55-51(37-40)52-39-46(31-36-56(52)61(55)44-21-11-5-12-22-44)60(42-17-7-3-8-18-42)43-19-9-4-10-20-43/h3-39H,1-2H3. The maximum Gasteiger partial charge on any atom is 0.0588 e. The number of anilines is 3. The fraction of sp³-hybridized carbons (Fsp3) is 0.0508. The molecule has 1 aliphatic carbocycles. The highest BCUT2D eigenvalue weighted by Crippen LogP contribution is 2.53. The zero-order valence-electron chi connectivity index (χ0n) is 34.7. The van der Waals surface area contributed by atoms with Crippen LogP contribution in [0, 0.1) is 0 Å². The Morgan fingerprint density at radius 2 is 0.903 bits per heavy atom. The maximum atomic E-state index is 2.48. The minimum Gasteiger partial charge on any atom is -0.310 e. The Balaban J connectivity index is 0.967. The van der Waals surface area contributed by atoms with Gasteiger partial charge >= 0.3 is 0 Å². The average molecular weight is 794 g/mol. The molecule has 3 nitrogen and oxygen atoms in total. The molecule has 0 spiro atoms. The minimum atomic E-state index is -0.210. The molecular weight excluding hydrogens is 751 g/mol. The summed E-state index contributed by atoms with van der Waals surface area (Å²) >= 11 is 0. The van der Waals surface area contributed by atoms with Crippen LogP contribution in [-0.4, -0.2) is 9.13 Å². The van der Waals surface area contributed by atoms with Gasteiger partial charge in [-0.3, -0.25) is 0 Å². The van der Waals surface area contributed by atoms with E-state index in [1.165, 1.54) is 77.1 Å². The molecule has 3 heteroatoms. The summed E-state index contributed by atoms with van der Waals surface area (Å²) in [5.74, 6) is 0. The van der Waals surface area contributed by atoms with E-state index in [0.29, 0.717) is 0 Å². The second kappa shape index (κ2) is 14.1. The van der Waals surface area contributed by atoms with E-state index in [4.69, 9.17) is 0 Å². The van der Waals surface area contributed by atoms with Gasteiger partial charge in [0.2, 0.25) is 0 Å². The van der Waals surface area contributed by atoms with Crippen LogP contribution in [0.25, 0.3) is 78.3 Å². The molecule has 2 aromatic heterocycles. The second-order valence-electron chi connectivity index (χ2n) is 17.0. The molecule has 294 valence electrons. The van der Waals surface area contributed by atoms with E-state index < -0.39 is 0 Å². The van der Waals surface area contributed by atoms with Crippen LogP contribution in [0.3, 0.4) is 0 Å². The molecule has 1 aliphatic rings. The number of nitrogens with zero attached hydrogens (tertiary/aromatic N) is 3. The van der Waals surface area contributed by atoms with Crippen molar-refractivity contribution < 1.29 is 0 Å². The van der Waals surface area contributed by atoms with Crippen LogP contribution in [0.4, 0.5) is 17.1 Å². The van der Waals surface area contributed by atoms with E-state index in [1.807, 2.05) is 0 Å². The van der Waals surface area contributed by atoms with Crippen LogP contribution in [-0.2, 0) is 5.41 Å². The Labute approximate surface area is 361 Å². The lowest BCUT2D eigenvalue weighted by Crippen LogP contribution is -2.16. The summed E-state index contributed by atoms with van der Waals surface area (Å²) in [6.45, 7) is 4.80. The van der Waals surface area contributed by atoms with Gasteiger partial charge in [0.05, 0.1) is 22.1 Å². The van der Waals surface area contributed by atoms with E-state index in [0.717, 1.165) is 28.3 Å². The van der Waals surface area contributed by atoms with E-state index in [2.05, 4.69) is 252 Å². The molecule has 11 aromatic rings. The smallest absolute Gasteiger partial charge is 0.0588 e. The number of benzene rings is 9. The fourth-order valence-corrected chi connectivity index (χ4v) is 10.2. The van der Waals surface area contributed by atoms with E-state index in [-0.39, 0.29) is 5.41 Å². The maximum absolute atomic E-state index is 2.48. The number of hydrogen-bond donors (Lipinski definition) is 0. The van der Waals surface area contributed by atoms with Gasteiger partial charge in [0, 0.05) is 55.4 Å². The minimum absolute atomic E-state index is 0.210. The molecular formula is C59H43N3. The molecule has 12 rings (SSSR count). The molecule has 0 saturated heterocycles. The summed E-state index contributed by atoms with van der Waals surface area (Å²) in [5.41, 5.74) is 18.1. The first-order valence-corrected chi connectivity index (χ1v) is 21.5. The molecule has 0 amide bonds.